The summed E-state index contributed by atoms with van der Waals surface area (Å²) in [5.74, 6) is 1.27. The fourth-order valence-electron chi connectivity index (χ4n) is 2.59. The summed E-state index contributed by atoms with van der Waals surface area (Å²) < 4.78 is 10.8. The lowest BCUT2D eigenvalue weighted by Gasteiger charge is -2.16. The minimum absolute atomic E-state index is 0.0367. The van der Waals surface area contributed by atoms with E-state index in [2.05, 4.69) is 15.4 Å². The quantitative estimate of drug-likeness (QED) is 0.847. The molecule has 2 aromatic rings. The molecule has 0 unspecified atom stereocenters. The molecule has 0 aromatic carbocycles. The minimum atomic E-state index is -0.0367. The van der Waals surface area contributed by atoms with Crippen molar-refractivity contribution in [3.05, 3.63) is 35.3 Å². The van der Waals surface area contributed by atoms with Gasteiger partial charge < -0.3 is 14.2 Å². The van der Waals surface area contributed by atoms with Gasteiger partial charge in [-0.25, -0.2) is 0 Å². The highest BCUT2D eigenvalue weighted by Gasteiger charge is 2.28. The van der Waals surface area contributed by atoms with E-state index in [1.54, 1.807) is 18.3 Å². The van der Waals surface area contributed by atoms with Gasteiger partial charge >= 0.3 is 0 Å². The Morgan fingerprint density at radius 2 is 2.36 bits per heavy atom. The molecule has 3 heterocycles. The lowest BCUT2D eigenvalue weighted by atomic mass is 10.1. The first kappa shape index (κ1) is 14.5. The number of aryl methyl sites for hydroxylation is 2. The Morgan fingerprint density at radius 3 is 3.05 bits per heavy atom. The molecule has 1 atom stereocenters. The molecular weight excluding hydrogens is 284 g/mol. The molecule has 7 heteroatoms. The molecule has 0 N–H and O–H groups in total. The van der Waals surface area contributed by atoms with Gasteiger partial charge in [-0.1, -0.05) is 5.16 Å². The second-order valence-electron chi connectivity index (χ2n) is 5.41. The first-order valence-corrected chi connectivity index (χ1v) is 7.27. The Balaban J connectivity index is 1.57. The standard InChI is InChI=1S/C15H18N4O3/c1-10-13(11(2)22-18-10)8-15(20)19-7-5-12(9-19)21-14-4-3-6-16-17-14/h3-4,6,12H,5,7-9H2,1-2H3/t12-/m0/s1. The summed E-state index contributed by atoms with van der Waals surface area (Å²) in [6, 6.07) is 3.54. The van der Waals surface area contributed by atoms with Crippen LogP contribution in [0, 0.1) is 13.8 Å². The van der Waals surface area contributed by atoms with Crippen LogP contribution in [0.2, 0.25) is 0 Å². The molecule has 1 aliphatic rings. The van der Waals surface area contributed by atoms with Crippen LogP contribution >= 0.6 is 0 Å². The van der Waals surface area contributed by atoms with Crippen LogP contribution in [0.25, 0.3) is 0 Å². The molecule has 1 aliphatic heterocycles. The smallest absolute Gasteiger partial charge is 0.233 e. The summed E-state index contributed by atoms with van der Waals surface area (Å²) in [7, 11) is 0. The van der Waals surface area contributed by atoms with Crippen molar-refractivity contribution in [2.75, 3.05) is 13.1 Å². The number of likely N-dealkylation sites (tertiary alicyclic amines) is 1. The van der Waals surface area contributed by atoms with E-state index in [1.165, 1.54) is 0 Å². The summed E-state index contributed by atoms with van der Waals surface area (Å²) >= 11 is 0. The molecule has 0 saturated carbocycles. The first-order chi connectivity index (χ1) is 10.6. The van der Waals surface area contributed by atoms with Gasteiger partial charge in [0.1, 0.15) is 11.9 Å². The van der Waals surface area contributed by atoms with E-state index < -0.39 is 0 Å². The molecule has 116 valence electrons. The van der Waals surface area contributed by atoms with Gasteiger partial charge in [-0.05, 0) is 19.9 Å². The van der Waals surface area contributed by atoms with Crippen LogP contribution < -0.4 is 4.74 Å². The lowest BCUT2D eigenvalue weighted by Crippen LogP contribution is -2.32. The second-order valence-corrected chi connectivity index (χ2v) is 5.41. The molecule has 2 aromatic heterocycles. The van der Waals surface area contributed by atoms with E-state index >= 15 is 0 Å². The highest BCUT2D eigenvalue weighted by atomic mass is 16.5. The highest BCUT2D eigenvalue weighted by Crippen LogP contribution is 2.19. The fourth-order valence-corrected chi connectivity index (χ4v) is 2.59. The average Bonchev–Trinajstić information content (AvgIpc) is 3.10. The topological polar surface area (TPSA) is 81.4 Å². The number of amides is 1. The van der Waals surface area contributed by atoms with Gasteiger partial charge in [0.25, 0.3) is 0 Å². The summed E-state index contributed by atoms with van der Waals surface area (Å²) in [6.45, 7) is 4.93. The second kappa shape index (κ2) is 6.13. The molecule has 1 saturated heterocycles. The number of ether oxygens (including phenoxy) is 1. The van der Waals surface area contributed by atoms with E-state index in [4.69, 9.17) is 9.26 Å². The van der Waals surface area contributed by atoms with E-state index in [0.29, 0.717) is 31.2 Å². The number of rotatable bonds is 4. The monoisotopic (exact) mass is 302 g/mol. The third kappa shape index (κ3) is 3.08. The minimum Gasteiger partial charge on any atom is -0.471 e. The number of carbonyl (C=O) groups is 1. The Morgan fingerprint density at radius 1 is 1.50 bits per heavy atom. The summed E-state index contributed by atoms with van der Waals surface area (Å²) in [5, 5.41) is 11.6. The van der Waals surface area contributed by atoms with E-state index in [-0.39, 0.29) is 12.0 Å². The zero-order valence-electron chi connectivity index (χ0n) is 12.7. The van der Waals surface area contributed by atoms with Gasteiger partial charge in [-0.3, -0.25) is 4.79 Å². The molecule has 1 amide bonds. The molecule has 0 radical (unpaired) electrons. The van der Waals surface area contributed by atoms with Crippen LogP contribution in [0.5, 0.6) is 5.88 Å². The molecule has 1 fully saturated rings. The summed E-state index contributed by atoms with van der Waals surface area (Å²) in [6.07, 6.45) is 2.68. The van der Waals surface area contributed by atoms with Gasteiger partial charge in [-0.15, -0.1) is 5.10 Å². The third-order valence-corrected chi connectivity index (χ3v) is 3.84. The maximum Gasteiger partial charge on any atom is 0.233 e. The number of hydrogen-bond acceptors (Lipinski definition) is 6. The Kier molecular flexibility index (Phi) is 4.04. The predicted octanol–water partition coefficient (Wildman–Crippen LogP) is 1.30. The summed E-state index contributed by atoms with van der Waals surface area (Å²) in [5.41, 5.74) is 1.65. The van der Waals surface area contributed by atoms with Crippen LogP contribution in [-0.2, 0) is 11.2 Å². The molecule has 22 heavy (non-hydrogen) atoms. The van der Waals surface area contributed by atoms with Crippen LogP contribution in [0.4, 0.5) is 0 Å². The number of hydrogen-bond donors (Lipinski definition) is 0. The highest BCUT2D eigenvalue weighted by molar-refractivity contribution is 5.79. The van der Waals surface area contributed by atoms with Crippen molar-refractivity contribution in [2.45, 2.75) is 32.8 Å². The SMILES string of the molecule is Cc1noc(C)c1CC(=O)N1CC[C@H](Oc2cccnn2)C1. The van der Waals surface area contributed by atoms with Crippen LogP contribution in [0.1, 0.15) is 23.4 Å². The van der Waals surface area contributed by atoms with Crippen LogP contribution in [0.15, 0.2) is 22.9 Å². The van der Waals surface area contributed by atoms with Gasteiger partial charge in [0, 0.05) is 30.8 Å². The van der Waals surface area contributed by atoms with Gasteiger partial charge in [0.05, 0.1) is 18.7 Å². The van der Waals surface area contributed by atoms with Crippen molar-refractivity contribution < 1.29 is 14.1 Å². The van der Waals surface area contributed by atoms with Crippen molar-refractivity contribution in [3.8, 4) is 5.88 Å². The van der Waals surface area contributed by atoms with Gasteiger partial charge in [0.15, 0.2) is 0 Å². The van der Waals surface area contributed by atoms with Gasteiger partial charge in [0.2, 0.25) is 11.8 Å². The average molecular weight is 302 g/mol. The van der Waals surface area contributed by atoms with Crippen molar-refractivity contribution in [2.24, 2.45) is 0 Å². The fraction of sp³-hybridized carbons (Fsp3) is 0.467. The number of aromatic nitrogens is 3. The Labute approximate surface area is 128 Å². The first-order valence-electron chi connectivity index (χ1n) is 7.27. The molecule has 0 bridgehead atoms. The molecule has 0 spiro atoms. The molecule has 0 aliphatic carbocycles. The van der Waals surface area contributed by atoms with Gasteiger partial charge in [-0.2, -0.15) is 5.10 Å². The van der Waals surface area contributed by atoms with E-state index in [1.807, 2.05) is 18.7 Å². The van der Waals surface area contributed by atoms with Crippen LogP contribution in [-0.4, -0.2) is 45.4 Å². The van der Waals surface area contributed by atoms with Crippen molar-refractivity contribution in [3.63, 3.8) is 0 Å². The normalized spacial score (nSPS) is 17.7. The Hall–Kier alpha value is -2.44. The Bertz CT molecular complexity index is 637. The summed E-state index contributed by atoms with van der Waals surface area (Å²) in [4.78, 5) is 14.2. The van der Waals surface area contributed by atoms with Crippen LogP contribution in [0.3, 0.4) is 0 Å². The lowest BCUT2D eigenvalue weighted by molar-refractivity contribution is -0.129. The number of nitrogens with zero attached hydrogens (tertiary/aromatic N) is 4. The molecular formula is C15H18N4O3. The predicted molar refractivity (Wildman–Crippen MR) is 77.3 cm³/mol. The van der Waals surface area contributed by atoms with Crippen molar-refractivity contribution >= 4 is 5.91 Å². The maximum atomic E-state index is 12.4. The number of carbonyl (C=O) groups excluding carboxylic acids is 1. The zero-order chi connectivity index (χ0) is 15.5. The van der Waals surface area contributed by atoms with E-state index in [9.17, 15) is 4.79 Å². The third-order valence-electron chi connectivity index (χ3n) is 3.84. The van der Waals surface area contributed by atoms with Crippen molar-refractivity contribution in [1.29, 1.82) is 0 Å². The molecule has 3 rings (SSSR count). The van der Waals surface area contributed by atoms with Crippen molar-refractivity contribution in [1.82, 2.24) is 20.3 Å². The zero-order valence-corrected chi connectivity index (χ0v) is 12.7. The van der Waals surface area contributed by atoms with E-state index in [0.717, 1.165) is 17.7 Å². The molecule has 7 nitrogen and oxygen atoms in total. The maximum absolute atomic E-state index is 12.4. The largest absolute Gasteiger partial charge is 0.471 e.